The third-order valence-electron chi connectivity index (χ3n) is 0.666. The average molecular weight is 272 g/mol. The number of rotatable bonds is 1. The van der Waals surface area contributed by atoms with Gasteiger partial charge in [0.05, 0.1) is 0 Å². The Labute approximate surface area is 68.6 Å². The number of carboxylic acid groups (broad SMARTS) is 1. The standard InChI is InChI=1S/C4H2O2SSe2/c5-3(6)2-1-8-4(7)9-2/h1H,(H,5,6). The first-order chi connectivity index (χ1) is 4.20. The molecule has 2 nitrogen and oxygen atoms in total. The van der Waals surface area contributed by atoms with Crippen molar-refractivity contribution in [1.82, 2.24) is 0 Å². The molecule has 1 N–H and O–H groups in total. The molecular weight excluding hydrogens is 270 g/mol. The van der Waals surface area contributed by atoms with E-state index < -0.39 is 5.97 Å². The van der Waals surface area contributed by atoms with Gasteiger partial charge in [0.2, 0.25) is 0 Å². The minimum atomic E-state index is -0.795. The van der Waals surface area contributed by atoms with Gasteiger partial charge in [0, 0.05) is 0 Å². The van der Waals surface area contributed by atoms with Crippen molar-refractivity contribution >= 4 is 47.2 Å². The molecule has 1 aromatic rings. The molecule has 0 fully saturated rings. The molecule has 0 amide bonds. The van der Waals surface area contributed by atoms with Gasteiger partial charge < -0.3 is 0 Å². The van der Waals surface area contributed by atoms with E-state index >= 15 is 0 Å². The summed E-state index contributed by atoms with van der Waals surface area (Å²) in [6.07, 6.45) is 0. The Balaban J connectivity index is 3.12. The van der Waals surface area contributed by atoms with Gasteiger partial charge in [-0.1, -0.05) is 0 Å². The van der Waals surface area contributed by atoms with Crippen molar-refractivity contribution in [2.45, 2.75) is 0 Å². The molecular formula is C4H2O2SSe2. The molecule has 0 atom stereocenters. The molecule has 0 spiro atoms. The van der Waals surface area contributed by atoms with E-state index in [1.54, 1.807) is 4.94 Å². The maximum absolute atomic E-state index is 10.2. The van der Waals surface area contributed by atoms with Crippen molar-refractivity contribution < 1.29 is 9.90 Å². The summed E-state index contributed by atoms with van der Waals surface area (Å²) < 4.78 is 1.49. The van der Waals surface area contributed by atoms with Gasteiger partial charge in [-0.15, -0.1) is 0 Å². The molecule has 0 saturated heterocycles. The fraction of sp³-hybridized carbons (Fsp3) is 0. The molecule has 0 aliphatic carbocycles. The topological polar surface area (TPSA) is 37.3 Å². The van der Waals surface area contributed by atoms with Crippen molar-refractivity contribution in [2.75, 3.05) is 0 Å². The third kappa shape index (κ3) is 1.88. The SMILES string of the molecule is O=C(O)c1c[se]c(=S)[se]1. The van der Waals surface area contributed by atoms with Gasteiger partial charge in [0.25, 0.3) is 0 Å². The molecule has 0 aliphatic rings. The minimum absolute atomic E-state index is 0.0127. The summed E-state index contributed by atoms with van der Waals surface area (Å²) >= 11 is 5.04. The normalized spacial score (nSPS) is 9.33. The van der Waals surface area contributed by atoms with Crippen molar-refractivity contribution in [3.8, 4) is 0 Å². The fourth-order valence-electron chi connectivity index (χ4n) is 0.334. The van der Waals surface area contributed by atoms with Gasteiger partial charge in [-0.25, -0.2) is 0 Å². The Kier molecular flexibility index (Phi) is 2.44. The van der Waals surface area contributed by atoms with Gasteiger partial charge in [-0.2, -0.15) is 0 Å². The van der Waals surface area contributed by atoms with E-state index in [4.69, 9.17) is 17.3 Å². The number of hydrogen-bond acceptors (Lipinski definition) is 2. The van der Waals surface area contributed by atoms with Crippen LogP contribution in [0.4, 0.5) is 0 Å². The predicted molar refractivity (Wildman–Crippen MR) is 38.1 cm³/mol. The Hall–Kier alpha value is 0.339. The van der Waals surface area contributed by atoms with E-state index in [0.717, 1.165) is 2.26 Å². The van der Waals surface area contributed by atoms with Crippen LogP contribution >= 0.6 is 12.2 Å². The number of hydrogen-bond donors (Lipinski definition) is 1. The maximum atomic E-state index is 10.2. The van der Waals surface area contributed by atoms with E-state index in [1.807, 2.05) is 0 Å². The van der Waals surface area contributed by atoms with E-state index in [2.05, 4.69) is 0 Å². The average Bonchev–Trinajstić information content (AvgIpc) is 2.14. The molecule has 1 heterocycles. The molecule has 0 saturated carbocycles. The van der Waals surface area contributed by atoms with E-state index in [-0.39, 0.29) is 29.0 Å². The fourth-order valence-corrected chi connectivity index (χ4v) is 5.53. The molecule has 9 heavy (non-hydrogen) atoms. The second-order valence-electron chi connectivity index (χ2n) is 1.26. The van der Waals surface area contributed by atoms with Crippen LogP contribution in [0.5, 0.6) is 0 Å². The van der Waals surface area contributed by atoms with Gasteiger partial charge in [-0.3, -0.25) is 0 Å². The van der Waals surface area contributed by atoms with Crippen molar-refractivity contribution in [1.29, 1.82) is 0 Å². The molecule has 0 unspecified atom stereocenters. The first-order valence-corrected chi connectivity index (χ1v) is 5.99. The Bertz CT molecular complexity index is 274. The third-order valence-corrected chi connectivity index (χ3v) is 6.88. The van der Waals surface area contributed by atoms with Crippen LogP contribution in [0.25, 0.3) is 0 Å². The Morgan fingerprint density at radius 1 is 1.78 bits per heavy atom. The summed E-state index contributed by atoms with van der Waals surface area (Å²) in [6, 6.07) is 0. The number of carbonyl (C=O) groups is 1. The van der Waals surface area contributed by atoms with Gasteiger partial charge in [0.1, 0.15) is 0 Å². The van der Waals surface area contributed by atoms with E-state index in [1.165, 1.54) is 0 Å². The van der Waals surface area contributed by atoms with Crippen LogP contribution in [-0.2, 0) is 0 Å². The van der Waals surface area contributed by atoms with Crippen LogP contribution in [0.15, 0.2) is 4.94 Å². The summed E-state index contributed by atoms with van der Waals surface area (Å²) in [6.45, 7) is 0. The summed E-state index contributed by atoms with van der Waals surface area (Å²) in [5.41, 5.74) is 0. The van der Waals surface area contributed by atoms with Crippen LogP contribution in [0.3, 0.4) is 0 Å². The molecule has 5 heteroatoms. The van der Waals surface area contributed by atoms with Gasteiger partial charge >= 0.3 is 68.7 Å². The molecule has 0 bridgehead atoms. The van der Waals surface area contributed by atoms with Gasteiger partial charge in [0.15, 0.2) is 0 Å². The Morgan fingerprint density at radius 2 is 2.44 bits per heavy atom. The first-order valence-electron chi connectivity index (χ1n) is 2.02. The van der Waals surface area contributed by atoms with Crippen molar-refractivity contribution in [2.24, 2.45) is 0 Å². The first kappa shape index (κ1) is 7.45. The summed E-state index contributed by atoms with van der Waals surface area (Å²) in [5.74, 6) is -0.795. The van der Waals surface area contributed by atoms with Crippen LogP contribution < -0.4 is 0 Å². The van der Waals surface area contributed by atoms with Crippen LogP contribution in [0.2, 0.25) is 0 Å². The molecule has 0 aromatic carbocycles. The summed E-state index contributed by atoms with van der Waals surface area (Å²) in [4.78, 5) is 12.0. The summed E-state index contributed by atoms with van der Waals surface area (Å²) in [7, 11) is 0. The van der Waals surface area contributed by atoms with Crippen LogP contribution in [0, 0.1) is 2.26 Å². The zero-order valence-corrected chi connectivity index (χ0v) is 8.40. The van der Waals surface area contributed by atoms with E-state index in [9.17, 15) is 4.79 Å². The molecule has 0 radical (unpaired) electrons. The predicted octanol–water partition coefficient (Wildman–Crippen LogP) is 0.228. The zero-order chi connectivity index (χ0) is 6.85. The Morgan fingerprint density at radius 3 is 2.67 bits per heavy atom. The van der Waals surface area contributed by atoms with Crippen LogP contribution in [-0.4, -0.2) is 40.1 Å². The van der Waals surface area contributed by atoms with Crippen molar-refractivity contribution in [3.05, 3.63) is 11.6 Å². The molecule has 1 rings (SSSR count). The summed E-state index contributed by atoms with van der Waals surface area (Å²) in [5, 5.41) is 8.43. The molecule has 0 aliphatic heterocycles. The van der Waals surface area contributed by atoms with Crippen molar-refractivity contribution in [3.63, 3.8) is 0 Å². The molecule has 1 aromatic heterocycles. The number of carboxylic acids is 1. The molecule has 48 valence electrons. The zero-order valence-electron chi connectivity index (χ0n) is 4.16. The second-order valence-corrected chi connectivity index (χ2v) is 8.20. The number of aromatic carboxylic acids is 1. The van der Waals surface area contributed by atoms with E-state index in [0.29, 0.717) is 4.44 Å². The second kappa shape index (κ2) is 2.95. The van der Waals surface area contributed by atoms with Crippen LogP contribution in [0.1, 0.15) is 9.23 Å². The quantitative estimate of drug-likeness (QED) is 0.587. The van der Waals surface area contributed by atoms with Gasteiger partial charge in [-0.05, 0) is 0 Å². The monoisotopic (exact) mass is 274 g/mol.